The Labute approximate surface area is 111 Å². The molecule has 1 fully saturated rings. The van der Waals surface area contributed by atoms with Crippen molar-refractivity contribution in [2.75, 3.05) is 6.54 Å². The van der Waals surface area contributed by atoms with Crippen molar-refractivity contribution in [2.45, 2.75) is 18.6 Å². The van der Waals surface area contributed by atoms with Gasteiger partial charge in [-0.1, -0.05) is 0 Å². The third-order valence-electron chi connectivity index (χ3n) is 2.80. The third kappa shape index (κ3) is 2.51. The molecule has 18 heavy (non-hydrogen) atoms. The molecule has 6 nitrogen and oxygen atoms in total. The van der Waals surface area contributed by atoms with Gasteiger partial charge in [-0.2, -0.15) is 0 Å². The van der Waals surface area contributed by atoms with Gasteiger partial charge in [0, 0.05) is 19.2 Å². The molecule has 1 aromatic rings. The van der Waals surface area contributed by atoms with E-state index in [0.29, 0.717) is 10.2 Å². The molecule has 2 atom stereocenters. The average molecular weight is 315 g/mol. The van der Waals surface area contributed by atoms with Gasteiger partial charge in [-0.3, -0.25) is 4.79 Å². The molecule has 0 aliphatic carbocycles. The Morgan fingerprint density at radius 3 is 2.72 bits per heavy atom. The van der Waals surface area contributed by atoms with Crippen LogP contribution >= 0.6 is 15.9 Å². The van der Waals surface area contributed by atoms with Gasteiger partial charge in [0.15, 0.2) is 0 Å². The van der Waals surface area contributed by atoms with E-state index < -0.39 is 24.0 Å². The highest BCUT2D eigenvalue weighted by Crippen LogP contribution is 2.21. The Hall–Kier alpha value is -1.47. The van der Waals surface area contributed by atoms with E-state index in [-0.39, 0.29) is 13.0 Å². The number of hydrogen-bond donors (Lipinski definition) is 2. The van der Waals surface area contributed by atoms with Crippen molar-refractivity contribution in [3.63, 3.8) is 0 Å². The molecule has 2 N–H and O–H groups in total. The zero-order valence-corrected chi connectivity index (χ0v) is 10.9. The van der Waals surface area contributed by atoms with Gasteiger partial charge in [-0.05, 0) is 28.1 Å². The number of halogens is 1. The van der Waals surface area contributed by atoms with E-state index in [0.717, 1.165) is 4.90 Å². The number of aromatic nitrogens is 1. The molecule has 2 rings (SSSR count). The summed E-state index contributed by atoms with van der Waals surface area (Å²) in [6.07, 6.45) is 0.639. The second-order valence-corrected chi connectivity index (χ2v) is 4.88. The average Bonchev–Trinajstić information content (AvgIpc) is 2.71. The molecule has 0 spiro atoms. The number of carbonyl (C=O) groups is 2. The van der Waals surface area contributed by atoms with Crippen LogP contribution in [0.5, 0.6) is 0 Å². The maximum Gasteiger partial charge on any atom is 0.326 e. The van der Waals surface area contributed by atoms with E-state index in [9.17, 15) is 14.7 Å². The molecule has 0 radical (unpaired) electrons. The second-order valence-electron chi connectivity index (χ2n) is 4.07. The van der Waals surface area contributed by atoms with Crippen molar-refractivity contribution in [1.29, 1.82) is 0 Å². The van der Waals surface area contributed by atoms with Crippen LogP contribution in [0.4, 0.5) is 0 Å². The lowest BCUT2D eigenvalue weighted by atomic mass is 10.2. The zero-order valence-electron chi connectivity index (χ0n) is 9.28. The molecule has 0 bridgehead atoms. The Morgan fingerprint density at radius 1 is 1.44 bits per heavy atom. The summed E-state index contributed by atoms with van der Waals surface area (Å²) in [6, 6.07) is 2.19. The highest BCUT2D eigenvalue weighted by molar-refractivity contribution is 9.10. The first-order chi connectivity index (χ1) is 8.49. The first kappa shape index (κ1) is 13.0. The van der Waals surface area contributed by atoms with Crippen molar-refractivity contribution in [3.05, 3.63) is 28.5 Å². The van der Waals surface area contributed by atoms with Gasteiger partial charge in [-0.15, -0.1) is 0 Å². The topological polar surface area (TPSA) is 90.7 Å². The molecule has 0 saturated carbocycles. The number of hydrogen-bond acceptors (Lipinski definition) is 4. The fraction of sp³-hybridized carbons (Fsp3) is 0.364. The number of amides is 1. The van der Waals surface area contributed by atoms with Crippen LogP contribution in [0.15, 0.2) is 22.9 Å². The number of β-amino-alcohol motifs (C(OH)–C–C–N with tert-alkyl or cyclic N) is 1. The third-order valence-corrected chi connectivity index (χ3v) is 3.27. The summed E-state index contributed by atoms with van der Waals surface area (Å²) in [6.45, 7) is 0.0336. The Balaban J connectivity index is 2.22. The maximum atomic E-state index is 12.1. The fourth-order valence-electron chi connectivity index (χ4n) is 1.94. The van der Waals surface area contributed by atoms with E-state index in [1.165, 1.54) is 6.20 Å². The quantitative estimate of drug-likeness (QED) is 0.776. The van der Waals surface area contributed by atoms with E-state index in [4.69, 9.17) is 5.11 Å². The second kappa shape index (κ2) is 5.03. The van der Waals surface area contributed by atoms with Gasteiger partial charge in [0.25, 0.3) is 5.91 Å². The predicted molar refractivity (Wildman–Crippen MR) is 65.0 cm³/mol. The van der Waals surface area contributed by atoms with Crippen LogP contribution in [0, 0.1) is 0 Å². The normalized spacial score (nSPS) is 23.1. The number of aliphatic carboxylic acids is 1. The molecule has 2 heterocycles. The van der Waals surface area contributed by atoms with Crippen molar-refractivity contribution in [1.82, 2.24) is 9.88 Å². The molecule has 1 saturated heterocycles. The summed E-state index contributed by atoms with van der Waals surface area (Å²) in [4.78, 5) is 28.2. The van der Waals surface area contributed by atoms with Crippen molar-refractivity contribution >= 4 is 27.8 Å². The van der Waals surface area contributed by atoms with Gasteiger partial charge in [0.1, 0.15) is 10.6 Å². The summed E-state index contributed by atoms with van der Waals surface area (Å²) in [7, 11) is 0. The Morgan fingerprint density at radius 2 is 2.17 bits per heavy atom. The first-order valence-electron chi connectivity index (χ1n) is 5.32. The number of aliphatic hydroxyl groups excluding tert-OH is 1. The van der Waals surface area contributed by atoms with Gasteiger partial charge >= 0.3 is 5.97 Å². The zero-order chi connectivity index (χ0) is 13.3. The lowest BCUT2D eigenvalue weighted by Crippen LogP contribution is -2.40. The number of pyridine rings is 1. The molecule has 1 aliphatic heterocycles. The number of carboxylic acid groups (broad SMARTS) is 1. The van der Waals surface area contributed by atoms with Crippen LogP contribution in [-0.2, 0) is 4.79 Å². The Kier molecular flexibility index (Phi) is 3.63. The smallest absolute Gasteiger partial charge is 0.326 e. The van der Waals surface area contributed by atoms with Crippen molar-refractivity contribution in [2.24, 2.45) is 0 Å². The molecule has 0 unspecified atom stereocenters. The largest absolute Gasteiger partial charge is 0.480 e. The summed E-state index contributed by atoms with van der Waals surface area (Å²) in [5.41, 5.74) is 0.304. The maximum absolute atomic E-state index is 12.1. The summed E-state index contributed by atoms with van der Waals surface area (Å²) in [5.74, 6) is -1.54. The van der Waals surface area contributed by atoms with Gasteiger partial charge < -0.3 is 15.1 Å². The van der Waals surface area contributed by atoms with Crippen molar-refractivity contribution < 1.29 is 19.8 Å². The fourth-order valence-corrected chi connectivity index (χ4v) is 2.18. The monoisotopic (exact) mass is 314 g/mol. The SMILES string of the molecule is O=C(O)[C@@H]1C[C@@H](O)CN1C(=O)c1ccc(Br)nc1. The molecule has 1 aromatic heterocycles. The van der Waals surface area contributed by atoms with E-state index in [2.05, 4.69) is 20.9 Å². The van der Waals surface area contributed by atoms with Crippen LogP contribution in [0.25, 0.3) is 0 Å². The minimum Gasteiger partial charge on any atom is -0.480 e. The van der Waals surface area contributed by atoms with Crippen LogP contribution in [0.2, 0.25) is 0 Å². The molecule has 1 aliphatic rings. The molecule has 7 heteroatoms. The molecule has 96 valence electrons. The Bertz CT molecular complexity index is 476. The van der Waals surface area contributed by atoms with Crippen molar-refractivity contribution in [3.8, 4) is 0 Å². The number of likely N-dealkylation sites (tertiary alicyclic amines) is 1. The van der Waals surface area contributed by atoms with E-state index in [1.54, 1.807) is 12.1 Å². The number of carbonyl (C=O) groups excluding carboxylic acids is 1. The number of aliphatic hydroxyl groups is 1. The van der Waals surface area contributed by atoms with E-state index in [1.807, 2.05) is 0 Å². The van der Waals surface area contributed by atoms with Gasteiger partial charge in [0.05, 0.1) is 11.7 Å². The summed E-state index contributed by atoms with van der Waals surface area (Å²) in [5, 5.41) is 18.5. The standard InChI is InChI=1S/C11H11BrN2O4/c12-9-2-1-6(4-13-9)10(16)14-5-7(15)3-8(14)11(17)18/h1-2,4,7-8,15H,3,5H2,(H,17,18)/t7-,8+/m1/s1. The number of nitrogens with zero attached hydrogens (tertiary/aromatic N) is 2. The molecule has 0 aromatic carbocycles. The van der Waals surface area contributed by atoms with Crippen LogP contribution in [0.3, 0.4) is 0 Å². The van der Waals surface area contributed by atoms with Crippen LogP contribution in [-0.4, -0.2) is 50.7 Å². The van der Waals surface area contributed by atoms with Crippen LogP contribution in [0.1, 0.15) is 16.8 Å². The van der Waals surface area contributed by atoms with Crippen LogP contribution < -0.4 is 0 Å². The number of carboxylic acids is 1. The summed E-state index contributed by atoms with van der Waals surface area (Å²) >= 11 is 3.15. The number of rotatable bonds is 2. The highest BCUT2D eigenvalue weighted by Gasteiger charge is 2.39. The van der Waals surface area contributed by atoms with Gasteiger partial charge in [0.2, 0.25) is 0 Å². The van der Waals surface area contributed by atoms with Gasteiger partial charge in [-0.25, -0.2) is 9.78 Å². The lowest BCUT2D eigenvalue weighted by Gasteiger charge is -2.20. The molecular weight excluding hydrogens is 304 g/mol. The minimum atomic E-state index is -1.11. The molecular formula is C11H11BrN2O4. The van der Waals surface area contributed by atoms with E-state index >= 15 is 0 Å². The lowest BCUT2D eigenvalue weighted by molar-refractivity contribution is -0.141. The first-order valence-corrected chi connectivity index (χ1v) is 6.11. The minimum absolute atomic E-state index is 0.0336. The predicted octanol–water partition coefficient (Wildman–Crippen LogP) is 0.504. The molecule has 1 amide bonds. The highest BCUT2D eigenvalue weighted by atomic mass is 79.9. The summed E-state index contributed by atoms with van der Waals surface area (Å²) < 4.78 is 0.593.